The molecule has 1 atom stereocenters. The Kier molecular flexibility index (Phi) is 5.39. The standard InChI is InChI=1S/C8H14ClN2O5P/c1-7(12)6-15-4-2-10-17(9,14)11-3-5-16-8(11)13/h2-6H2,1H3,(H,10,14). The van der Waals surface area contributed by atoms with Crippen LogP contribution in [-0.2, 0) is 18.8 Å². The van der Waals surface area contributed by atoms with E-state index in [0.717, 1.165) is 4.67 Å². The molecular weight excluding hydrogens is 271 g/mol. The molecule has 1 heterocycles. The van der Waals surface area contributed by atoms with Gasteiger partial charge in [-0.2, -0.15) is 0 Å². The van der Waals surface area contributed by atoms with Gasteiger partial charge in [-0.15, -0.1) is 0 Å². The van der Waals surface area contributed by atoms with Gasteiger partial charge in [-0.25, -0.2) is 14.6 Å². The fourth-order valence-electron chi connectivity index (χ4n) is 1.18. The number of nitrogens with zero attached hydrogens (tertiary/aromatic N) is 1. The van der Waals surface area contributed by atoms with Crippen molar-refractivity contribution in [2.75, 3.05) is 32.9 Å². The van der Waals surface area contributed by atoms with E-state index in [-0.39, 0.29) is 38.7 Å². The highest BCUT2D eigenvalue weighted by Gasteiger charge is 2.37. The minimum Gasteiger partial charge on any atom is -0.447 e. The minimum absolute atomic E-state index is 0.0000231. The third-order valence-corrected chi connectivity index (χ3v) is 4.41. The highest BCUT2D eigenvalue weighted by Crippen LogP contribution is 2.51. The third kappa shape index (κ3) is 4.63. The van der Waals surface area contributed by atoms with E-state index in [4.69, 9.17) is 16.0 Å². The number of halogens is 1. The van der Waals surface area contributed by atoms with Crippen LogP contribution in [0.5, 0.6) is 0 Å². The van der Waals surface area contributed by atoms with Crippen molar-refractivity contribution in [2.24, 2.45) is 0 Å². The van der Waals surface area contributed by atoms with E-state index in [1.165, 1.54) is 6.92 Å². The van der Waals surface area contributed by atoms with Crippen LogP contribution in [0.15, 0.2) is 0 Å². The zero-order valence-corrected chi connectivity index (χ0v) is 11.0. The molecule has 0 aromatic rings. The summed E-state index contributed by atoms with van der Waals surface area (Å²) in [5.74, 6) is -0.0952. The molecule has 0 aromatic heterocycles. The quantitative estimate of drug-likeness (QED) is 0.554. The lowest BCUT2D eigenvalue weighted by atomic mass is 10.5. The van der Waals surface area contributed by atoms with Gasteiger partial charge in [0.15, 0.2) is 5.78 Å². The Morgan fingerprint density at radius 1 is 1.71 bits per heavy atom. The first-order valence-electron chi connectivity index (χ1n) is 5.00. The van der Waals surface area contributed by atoms with Crippen LogP contribution in [0.1, 0.15) is 6.92 Å². The summed E-state index contributed by atoms with van der Waals surface area (Å²) in [6.45, 7) is -1.31. The van der Waals surface area contributed by atoms with E-state index in [9.17, 15) is 14.2 Å². The predicted octanol–water partition coefficient (Wildman–Crippen LogP) is 0.981. The predicted molar refractivity (Wildman–Crippen MR) is 61.0 cm³/mol. The average Bonchev–Trinajstić information content (AvgIpc) is 2.64. The normalized spacial score (nSPS) is 18.9. The molecule has 1 aliphatic heterocycles. The second-order valence-corrected chi connectivity index (χ2v) is 6.58. The highest BCUT2D eigenvalue weighted by atomic mass is 35.7. The zero-order valence-electron chi connectivity index (χ0n) is 9.35. The number of Topliss-reactive ketones (excluding diaryl/α,β-unsaturated/α-hetero) is 1. The number of ketones is 1. The molecule has 7 nitrogen and oxygen atoms in total. The van der Waals surface area contributed by atoms with Gasteiger partial charge in [0.25, 0.3) is 0 Å². The molecule has 1 aliphatic rings. The van der Waals surface area contributed by atoms with Crippen molar-refractivity contribution in [3.63, 3.8) is 0 Å². The van der Waals surface area contributed by atoms with Gasteiger partial charge in [-0.1, -0.05) is 0 Å². The molecule has 0 bridgehead atoms. The molecule has 1 saturated heterocycles. The summed E-state index contributed by atoms with van der Waals surface area (Å²) in [6.07, 6.45) is -0.694. The van der Waals surface area contributed by atoms with Crippen LogP contribution in [0, 0.1) is 0 Å². The maximum absolute atomic E-state index is 11.9. The molecule has 98 valence electrons. The SMILES string of the molecule is CC(=O)COCCNP(=O)(Cl)N1CCOC1=O. The van der Waals surface area contributed by atoms with Crippen molar-refractivity contribution >= 4 is 29.9 Å². The third-order valence-electron chi connectivity index (χ3n) is 1.91. The summed E-state index contributed by atoms with van der Waals surface area (Å²) >= 11 is 5.73. The number of carbonyl (C=O) groups is 2. The number of nitrogens with one attached hydrogen (secondary N) is 1. The van der Waals surface area contributed by atoms with Crippen LogP contribution in [-0.4, -0.2) is 49.5 Å². The van der Waals surface area contributed by atoms with Crippen molar-refractivity contribution in [3.05, 3.63) is 0 Å². The molecule has 1 unspecified atom stereocenters. The monoisotopic (exact) mass is 284 g/mol. The van der Waals surface area contributed by atoms with Crippen LogP contribution >= 0.6 is 18.0 Å². The number of ether oxygens (including phenoxy) is 2. The largest absolute Gasteiger partial charge is 0.447 e. The summed E-state index contributed by atoms with van der Waals surface area (Å²) in [4.78, 5) is 21.7. The lowest BCUT2D eigenvalue weighted by Crippen LogP contribution is -2.28. The van der Waals surface area contributed by atoms with Crippen molar-refractivity contribution < 1.29 is 23.6 Å². The number of rotatable bonds is 7. The topological polar surface area (TPSA) is 84.9 Å². The fraction of sp³-hybridized carbons (Fsp3) is 0.750. The van der Waals surface area contributed by atoms with E-state index < -0.39 is 12.9 Å². The molecule has 1 rings (SSSR count). The Morgan fingerprint density at radius 2 is 2.41 bits per heavy atom. The average molecular weight is 285 g/mol. The number of carbonyl (C=O) groups excluding carboxylic acids is 2. The molecule has 9 heteroatoms. The number of amides is 1. The summed E-state index contributed by atoms with van der Waals surface area (Å²) < 4.78 is 22.4. The second kappa shape index (κ2) is 6.35. The van der Waals surface area contributed by atoms with Crippen molar-refractivity contribution in [3.8, 4) is 0 Å². The summed E-state index contributed by atoms with van der Waals surface area (Å²) in [6, 6.07) is 0. The number of cyclic esters (lactones) is 1. The Morgan fingerprint density at radius 3 is 2.94 bits per heavy atom. The molecule has 17 heavy (non-hydrogen) atoms. The molecule has 0 saturated carbocycles. The highest BCUT2D eigenvalue weighted by molar-refractivity contribution is 7.86. The Balaban J connectivity index is 2.27. The zero-order chi connectivity index (χ0) is 12.9. The van der Waals surface area contributed by atoms with Crippen molar-refractivity contribution in [2.45, 2.75) is 6.92 Å². The second-order valence-electron chi connectivity index (χ2n) is 3.40. The van der Waals surface area contributed by atoms with Gasteiger partial charge in [0.1, 0.15) is 13.2 Å². The molecule has 1 N–H and O–H groups in total. The smallest absolute Gasteiger partial charge is 0.417 e. The van der Waals surface area contributed by atoms with Crippen molar-refractivity contribution in [1.82, 2.24) is 9.76 Å². The first-order chi connectivity index (χ1) is 7.93. The van der Waals surface area contributed by atoms with Gasteiger partial charge in [0.2, 0.25) is 0 Å². The molecule has 1 fully saturated rings. The van der Waals surface area contributed by atoms with E-state index >= 15 is 0 Å². The summed E-state index contributed by atoms with van der Waals surface area (Å²) in [5, 5.41) is 2.51. The number of hydrogen-bond acceptors (Lipinski definition) is 5. The fourth-order valence-corrected chi connectivity index (χ4v) is 2.99. The van der Waals surface area contributed by atoms with Crippen molar-refractivity contribution in [1.29, 1.82) is 0 Å². The summed E-state index contributed by atoms with van der Waals surface area (Å²) in [5.41, 5.74) is 0. The Hall–Kier alpha value is -0.620. The minimum atomic E-state index is -3.44. The van der Waals surface area contributed by atoms with Gasteiger partial charge < -0.3 is 9.47 Å². The number of hydrogen-bond donors (Lipinski definition) is 1. The molecule has 0 aliphatic carbocycles. The van der Waals surface area contributed by atoms with Crippen LogP contribution < -0.4 is 5.09 Å². The molecular formula is C8H14ClN2O5P. The molecule has 0 spiro atoms. The van der Waals surface area contributed by atoms with E-state index in [2.05, 4.69) is 9.82 Å². The lowest BCUT2D eigenvalue weighted by Gasteiger charge is -2.20. The van der Waals surface area contributed by atoms with Gasteiger partial charge >= 0.3 is 12.9 Å². The summed E-state index contributed by atoms with van der Waals surface area (Å²) in [7, 11) is 0. The Labute approximate surface area is 104 Å². The van der Waals surface area contributed by atoms with Gasteiger partial charge in [-0.3, -0.25) is 9.36 Å². The first kappa shape index (κ1) is 14.4. The van der Waals surface area contributed by atoms with E-state index in [1.54, 1.807) is 0 Å². The van der Waals surface area contributed by atoms with Gasteiger partial charge in [-0.05, 0) is 18.2 Å². The Bertz CT molecular complexity index is 351. The van der Waals surface area contributed by atoms with Crippen LogP contribution in [0.3, 0.4) is 0 Å². The van der Waals surface area contributed by atoms with E-state index in [0.29, 0.717) is 0 Å². The maximum atomic E-state index is 11.9. The van der Waals surface area contributed by atoms with Crippen LogP contribution in [0.2, 0.25) is 0 Å². The maximum Gasteiger partial charge on any atom is 0.417 e. The van der Waals surface area contributed by atoms with Crippen LogP contribution in [0.4, 0.5) is 4.79 Å². The first-order valence-corrected chi connectivity index (χ1v) is 7.57. The van der Waals surface area contributed by atoms with Crippen LogP contribution in [0.25, 0.3) is 0 Å². The molecule has 0 radical (unpaired) electrons. The van der Waals surface area contributed by atoms with Gasteiger partial charge in [0.05, 0.1) is 13.2 Å². The van der Waals surface area contributed by atoms with Gasteiger partial charge in [0, 0.05) is 6.54 Å². The molecule has 0 aromatic carbocycles. The lowest BCUT2D eigenvalue weighted by molar-refractivity contribution is -0.121. The molecule has 1 amide bonds. The van der Waals surface area contributed by atoms with E-state index in [1.807, 2.05) is 0 Å².